The Morgan fingerprint density at radius 1 is 1.28 bits per heavy atom. The average Bonchev–Trinajstić information content (AvgIpc) is 3.31. The van der Waals surface area contributed by atoms with Crippen molar-refractivity contribution in [2.75, 3.05) is 13.1 Å². The van der Waals surface area contributed by atoms with Crippen LogP contribution in [0.1, 0.15) is 33.6 Å². The molecule has 0 unspecified atom stereocenters. The Kier molecular flexibility index (Phi) is 5.18. The predicted octanol–water partition coefficient (Wildman–Crippen LogP) is 2.76. The molecule has 2 aromatic rings. The highest BCUT2D eigenvalue weighted by atomic mass is 32.2. The smallest absolute Gasteiger partial charge is 0.350 e. The molecule has 0 saturated carbocycles. The van der Waals surface area contributed by atoms with E-state index >= 15 is 0 Å². The molecule has 0 spiro atoms. The molecule has 130 valence electrons. The van der Waals surface area contributed by atoms with Crippen LogP contribution in [0.2, 0.25) is 0 Å². The molecular formula is C17H16N2O4S2. The quantitative estimate of drug-likeness (QED) is 0.749. The number of nitrogens with zero attached hydrogens (tertiary/aromatic N) is 2. The van der Waals surface area contributed by atoms with E-state index in [9.17, 15) is 13.2 Å². The molecule has 1 aromatic carbocycles. The fourth-order valence-electron chi connectivity index (χ4n) is 2.66. The second kappa shape index (κ2) is 7.35. The summed E-state index contributed by atoms with van der Waals surface area (Å²) < 4.78 is 32.0. The number of carbonyl (C=O) groups is 1. The van der Waals surface area contributed by atoms with Gasteiger partial charge in [0, 0.05) is 13.1 Å². The molecule has 0 aliphatic carbocycles. The SMILES string of the molecule is N#Cc1cccc(COC(=O)c2sccc2S(=O)(=O)N2CCCC2)c1. The van der Waals surface area contributed by atoms with E-state index in [1.54, 1.807) is 29.6 Å². The van der Waals surface area contributed by atoms with Crippen molar-refractivity contribution in [1.29, 1.82) is 5.26 Å². The lowest BCUT2D eigenvalue weighted by molar-refractivity contribution is 0.0474. The average molecular weight is 376 g/mol. The number of carbonyl (C=O) groups excluding carboxylic acids is 1. The number of rotatable bonds is 5. The zero-order valence-electron chi connectivity index (χ0n) is 13.3. The van der Waals surface area contributed by atoms with E-state index in [2.05, 4.69) is 0 Å². The van der Waals surface area contributed by atoms with Crippen molar-refractivity contribution in [2.24, 2.45) is 0 Å². The van der Waals surface area contributed by atoms with E-state index in [1.807, 2.05) is 6.07 Å². The molecule has 0 amide bonds. The summed E-state index contributed by atoms with van der Waals surface area (Å²) in [5, 5.41) is 10.5. The van der Waals surface area contributed by atoms with Crippen molar-refractivity contribution in [2.45, 2.75) is 24.3 Å². The molecule has 0 N–H and O–H groups in total. The van der Waals surface area contributed by atoms with Crippen LogP contribution in [-0.4, -0.2) is 31.8 Å². The summed E-state index contributed by atoms with van der Waals surface area (Å²) in [6, 6.07) is 10.2. The maximum Gasteiger partial charge on any atom is 0.350 e. The summed E-state index contributed by atoms with van der Waals surface area (Å²) in [6.45, 7) is 0.941. The van der Waals surface area contributed by atoms with Crippen LogP contribution in [0.25, 0.3) is 0 Å². The summed E-state index contributed by atoms with van der Waals surface area (Å²) in [7, 11) is -3.66. The molecule has 0 bridgehead atoms. The summed E-state index contributed by atoms with van der Waals surface area (Å²) in [5.41, 5.74) is 1.15. The highest BCUT2D eigenvalue weighted by molar-refractivity contribution is 7.89. The number of ether oxygens (including phenoxy) is 1. The molecule has 8 heteroatoms. The third kappa shape index (κ3) is 3.74. The maximum absolute atomic E-state index is 12.7. The highest BCUT2D eigenvalue weighted by Gasteiger charge is 2.32. The largest absolute Gasteiger partial charge is 0.457 e. The summed E-state index contributed by atoms with van der Waals surface area (Å²) >= 11 is 1.05. The minimum Gasteiger partial charge on any atom is -0.457 e. The molecule has 1 aromatic heterocycles. The van der Waals surface area contributed by atoms with Gasteiger partial charge in [0.2, 0.25) is 10.0 Å². The fraction of sp³-hybridized carbons (Fsp3) is 0.294. The van der Waals surface area contributed by atoms with Crippen LogP contribution in [0.5, 0.6) is 0 Å². The molecule has 0 atom stereocenters. The van der Waals surface area contributed by atoms with E-state index in [0.717, 1.165) is 24.2 Å². The van der Waals surface area contributed by atoms with E-state index in [0.29, 0.717) is 24.2 Å². The Hall–Kier alpha value is -2.21. The van der Waals surface area contributed by atoms with Gasteiger partial charge in [-0.1, -0.05) is 12.1 Å². The Morgan fingerprint density at radius 2 is 2.04 bits per heavy atom. The van der Waals surface area contributed by atoms with Crippen molar-refractivity contribution in [3.8, 4) is 6.07 Å². The second-order valence-corrected chi connectivity index (χ2v) is 8.44. The number of hydrogen-bond donors (Lipinski definition) is 0. The molecule has 6 nitrogen and oxygen atoms in total. The maximum atomic E-state index is 12.7. The summed E-state index contributed by atoms with van der Waals surface area (Å²) in [6.07, 6.45) is 1.66. The number of thiophene rings is 1. The minimum absolute atomic E-state index is 0.00942. The molecular weight excluding hydrogens is 360 g/mol. The van der Waals surface area contributed by atoms with Gasteiger partial charge in [-0.3, -0.25) is 0 Å². The third-order valence-electron chi connectivity index (χ3n) is 3.92. The molecule has 1 aliphatic rings. The van der Waals surface area contributed by atoms with Gasteiger partial charge in [-0.2, -0.15) is 9.57 Å². The standard InChI is InChI=1S/C17H16N2O4S2/c18-11-13-4-3-5-14(10-13)12-23-17(20)16-15(6-9-24-16)25(21,22)19-7-1-2-8-19/h3-6,9-10H,1-2,7-8,12H2. The van der Waals surface area contributed by atoms with Gasteiger partial charge in [0.15, 0.2) is 0 Å². The second-order valence-electron chi connectivity index (χ2n) is 5.61. The lowest BCUT2D eigenvalue weighted by Gasteiger charge is -2.15. The summed E-state index contributed by atoms with van der Waals surface area (Å²) in [4.78, 5) is 12.5. The Labute approximate surface area is 150 Å². The zero-order chi connectivity index (χ0) is 17.9. The lowest BCUT2D eigenvalue weighted by Crippen LogP contribution is -2.28. The molecule has 1 saturated heterocycles. The molecule has 2 heterocycles. The molecule has 25 heavy (non-hydrogen) atoms. The van der Waals surface area contributed by atoms with Crippen LogP contribution < -0.4 is 0 Å². The van der Waals surface area contributed by atoms with E-state index in [-0.39, 0.29) is 16.4 Å². The Balaban J connectivity index is 1.75. The fourth-order valence-corrected chi connectivity index (χ4v) is 5.46. The van der Waals surface area contributed by atoms with Gasteiger partial charge in [-0.15, -0.1) is 11.3 Å². The lowest BCUT2D eigenvalue weighted by atomic mass is 10.1. The van der Waals surface area contributed by atoms with Crippen LogP contribution in [0.3, 0.4) is 0 Å². The van der Waals surface area contributed by atoms with Crippen LogP contribution in [0, 0.1) is 11.3 Å². The zero-order valence-corrected chi connectivity index (χ0v) is 15.0. The van der Waals surface area contributed by atoms with Gasteiger partial charge in [0.05, 0.1) is 11.6 Å². The monoisotopic (exact) mass is 376 g/mol. The number of esters is 1. The molecule has 3 rings (SSSR count). The van der Waals surface area contributed by atoms with Gasteiger partial charge < -0.3 is 4.74 Å². The first-order valence-electron chi connectivity index (χ1n) is 7.76. The third-order valence-corrected chi connectivity index (χ3v) is 6.89. The van der Waals surface area contributed by atoms with Crippen LogP contribution in [0.15, 0.2) is 40.6 Å². The summed E-state index contributed by atoms with van der Waals surface area (Å²) in [5.74, 6) is -0.671. The van der Waals surface area contributed by atoms with Gasteiger partial charge >= 0.3 is 5.97 Å². The molecule has 1 fully saturated rings. The number of hydrogen-bond acceptors (Lipinski definition) is 6. The van der Waals surface area contributed by atoms with Crippen molar-refractivity contribution in [1.82, 2.24) is 4.31 Å². The minimum atomic E-state index is -3.66. The molecule has 0 radical (unpaired) electrons. The van der Waals surface area contributed by atoms with Gasteiger partial charge in [-0.25, -0.2) is 13.2 Å². The van der Waals surface area contributed by atoms with Crippen molar-refractivity contribution in [3.63, 3.8) is 0 Å². The first-order chi connectivity index (χ1) is 12.0. The topological polar surface area (TPSA) is 87.5 Å². The normalized spacial score (nSPS) is 15.0. The Morgan fingerprint density at radius 3 is 2.76 bits per heavy atom. The van der Waals surface area contributed by atoms with E-state index in [1.165, 1.54) is 10.4 Å². The van der Waals surface area contributed by atoms with Crippen molar-refractivity contribution < 1.29 is 17.9 Å². The Bertz CT molecular complexity index is 922. The van der Waals surface area contributed by atoms with Gasteiger partial charge in [0.25, 0.3) is 0 Å². The van der Waals surface area contributed by atoms with Gasteiger partial charge in [-0.05, 0) is 42.0 Å². The number of benzene rings is 1. The number of nitriles is 1. The molecule has 1 aliphatic heterocycles. The number of sulfonamides is 1. The van der Waals surface area contributed by atoms with Crippen molar-refractivity contribution in [3.05, 3.63) is 51.7 Å². The van der Waals surface area contributed by atoms with Crippen molar-refractivity contribution >= 4 is 27.3 Å². The van der Waals surface area contributed by atoms with E-state index < -0.39 is 16.0 Å². The van der Waals surface area contributed by atoms with Crippen LogP contribution in [-0.2, 0) is 21.4 Å². The predicted molar refractivity (Wildman–Crippen MR) is 92.6 cm³/mol. The highest BCUT2D eigenvalue weighted by Crippen LogP contribution is 2.28. The van der Waals surface area contributed by atoms with Crippen LogP contribution in [0.4, 0.5) is 0 Å². The van der Waals surface area contributed by atoms with Gasteiger partial charge in [0.1, 0.15) is 16.4 Å². The first kappa shape index (κ1) is 17.6. The van der Waals surface area contributed by atoms with Crippen LogP contribution >= 0.6 is 11.3 Å². The van der Waals surface area contributed by atoms with E-state index in [4.69, 9.17) is 10.00 Å². The first-order valence-corrected chi connectivity index (χ1v) is 10.1.